The Morgan fingerprint density at radius 2 is 2.05 bits per heavy atom. The van der Waals surface area contributed by atoms with E-state index in [0.717, 1.165) is 30.9 Å². The molecule has 1 aromatic rings. The van der Waals surface area contributed by atoms with E-state index in [1.165, 1.54) is 0 Å². The normalized spacial score (nSPS) is 18.3. The van der Waals surface area contributed by atoms with Crippen molar-refractivity contribution < 1.29 is 14.3 Å². The van der Waals surface area contributed by atoms with Crippen molar-refractivity contribution in [1.29, 1.82) is 0 Å². The molecule has 0 spiro atoms. The van der Waals surface area contributed by atoms with Crippen LogP contribution in [0.2, 0.25) is 0 Å². The zero-order valence-electron chi connectivity index (χ0n) is 10.8. The lowest BCUT2D eigenvalue weighted by Crippen LogP contribution is -2.43. The lowest BCUT2D eigenvalue weighted by Gasteiger charge is -2.26. The molecule has 0 atom stereocenters. The molecule has 2 N–H and O–H groups in total. The average Bonchev–Trinajstić information content (AvgIpc) is 2.58. The van der Waals surface area contributed by atoms with Gasteiger partial charge in [-0.15, -0.1) is 0 Å². The number of hydrogen-bond donors (Lipinski definition) is 2. The molecule has 2 aliphatic heterocycles. The summed E-state index contributed by atoms with van der Waals surface area (Å²) >= 11 is 0. The van der Waals surface area contributed by atoms with E-state index in [2.05, 4.69) is 10.6 Å². The highest BCUT2D eigenvalue weighted by Gasteiger charge is 2.20. The van der Waals surface area contributed by atoms with Crippen LogP contribution in [0.25, 0.3) is 0 Å². The summed E-state index contributed by atoms with van der Waals surface area (Å²) in [6.07, 6.45) is 1.45. The maximum Gasteiger partial charge on any atom is 0.224 e. The number of fused-ring (bicyclic) bond motifs is 1. The molecular formula is C14H18N2O3. The molecule has 5 nitrogen and oxygen atoms in total. The minimum Gasteiger partial charge on any atom is -0.490 e. The number of nitrogens with one attached hydrogen (secondary N) is 2. The molecule has 1 saturated heterocycles. The van der Waals surface area contributed by atoms with Crippen LogP contribution in [0.3, 0.4) is 0 Å². The Balaban J connectivity index is 1.64. The SMILES string of the molecule is O=C(CC1CNC1)Nc1ccc2c(c1)OCCCO2. The van der Waals surface area contributed by atoms with Crippen molar-refractivity contribution >= 4 is 11.6 Å². The number of hydrogen-bond acceptors (Lipinski definition) is 4. The first-order chi connectivity index (χ1) is 9.31. The monoisotopic (exact) mass is 262 g/mol. The molecule has 0 saturated carbocycles. The van der Waals surface area contributed by atoms with Gasteiger partial charge in [0.05, 0.1) is 13.2 Å². The summed E-state index contributed by atoms with van der Waals surface area (Å²) in [6.45, 7) is 3.20. The predicted molar refractivity (Wildman–Crippen MR) is 71.7 cm³/mol. The first kappa shape index (κ1) is 12.3. The van der Waals surface area contributed by atoms with Gasteiger partial charge in [-0.25, -0.2) is 0 Å². The molecule has 1 amide bonds. The van der Waals surface area contributed by atoms with E-state index in [1.54, 1.807) is 0 Å². The van der Waals surface area contributed by atoms with E-state index in [4.69, 9.17) is 9.47 Å². The maximum atomic E-state index is 11.8. The largest absolute Gasteiger partial charge is 0.490 e. The fourth-order valence-corrected chi connectivity index (χ4v) is 2.21. The molecular weight excluding hydrogens is 244 g/mol. The lowest BCUT2D eigenvalue weighted by atomic mass is 9.99. The smallest absolute Gasteiger partial charge is 0.224 e. The summed E-state index contributed by atoms with van der Waals surface area (Å²) in [5.74, 6) is 1.99. The second kappa shape index (κ2) is 5.48. The summed E-state index contributed by atoms with van der Waals surface area (Å²) < 4.78 is 11.2. The Kier molecular flexibility index (Phi) is 3.55. The number of benzene rings is 1. The molecule has 19 heavy (non-hydrogen) atoms. The second-order valence-corrected chi connectivity index (χ2v) is 4.99. The third-order valence-corrected chi connectivity index (χ3v) is 3.37. The van der Waals surface area contributed by atoms with Crippen molar-refractivity contribution in [2.75, 3.05) is 31.6 Å². The summed E-state index contributed by atoms with van der Waals surface area (Å²) in [7, 11) is 0. The Morgan fingerprint density at radius 3 is 2.79 bits per heavy atom. The summed E-state index contributed by atoms with van der Waals surface area (Å²) in [4.78, 5) is 11.8. The molecule has 0 bridgehead atoms. The van der Waals surface area contributed by atoms with Gasteiger partial charge in [-0.05, 0) is 31.1 Å². The molecule has 3 rings (SSSR count). The highest BCUT2D eigenvalue weighted by atomic mass is 16.5. The predicted octanol–water partition coefficient (Wildman–Crippen LogP) is 1.40. The number of carbonyl (C=O) groups excluding carboxylic acids is 1. The minimum atomic E-state index is 0.0565. The van der Waals surface area contributed by atoms with Crippen LogP contribution in [0, 0.1) is 5.92 Å². The number of anilines is 1. The zero-order valence-corrected chi connectivity index (χ0v) is 10.8. The first-order valence-corrected chi connectivity index (χ1v) is 6.71. The average molecular weight is 262 g/mol. The highest BCUT2D eigenvalue weighted by molar-refractivity contribution is 5.91. The van der Waals surface area contributed by atoms with Crippen molar-refractivity contribution in [2.24, 2.45) is 5.92 Å². The first-order valence-electron chi connectivity index (χ1n) is 6.71. The molecule has 102 valence electrons. The van der Waals surface area contributed by atoms with Crippen molar-refractivity contribution in [1.82, 2.24) is 5.32 Å². The fraction of sp³-hybridized carbons (Fsp3) is 0.500. The molecule has 1 aromatic carbocycles. The summed E-state index contributed by atoms with van der Waals surface area (Å²) in [5, 5.41) is 6.07. The Morgan fingerprint density at radius 1 is 1.26 bits per heavy atom. The second-order valence-electron chi connectivity index (χ2n) is 4.99. The van der Waals surface area contributed by atoms with E-state index in [1.807, 2.05) is 18.2 Å². The van der Waals surface area contributed by atoms with E-state index in [0.29, 0.717) is 31.3 Å². The molecule has 2 aliphatic rings. The fourth-order valence-electron chi connectivity index (χ4n) is 2.21. The van der Waals surface area contributed by atoms with Crippen LogP contribution in [0.5, 0.6) is 11.5 Å². The van der Waals surface area contributed by atoms with Gasteiger partial charge in [-0.3, -0.25) is 4.79 Å². The van der Waals surface area contributed by atoms with Crippen LogP contribution in [-0.2, 0) is 4.79 Å². The Hall–Kier alpha value is -1.75. The van der Waals surface area contributed by atoms with E-state index in [-0.39, 0.29) is 5.91 Å². The third kappa shape index (κ3) is 2.98. The number of carbonyl (C=O) groups is 1. The van der Waals surface area contributed by atoms with Gasteiger partial charge in [0.15, 0.2) is 11.5 Å². The van der Waals surface area contributed by atoms with Gasteiger partial charge in [0, 0.05) is 24.6 Å². The van der Waals surface area contributed by atoms with Crippen molar-refractivity contribution in [3.63, 3.8) is 0 Å². The standard InChI is InChI=1S/C14H18N2O3/c17-14(6-10-8-15-9-10)16-11-2-3-12-13(7-11)19-5-1-4-18-12/h2-3,7,10,15H,1,4-6,8-9H2,(H,16,17). The summed E-state index contributed by atoms with van der Waals surface area (Å²) in [6, 6.07) is 5.53. The van der Waals surface area contributed by atoms with Gasteiger partial charge >= 0.3 is 0 Å². The van der Waals surface area contributed by atoms with E-state index >= 15 is 0 Å². The molecule has 0 radical (unpaired) electrons. The summed E-state index contributed by atoms with van der Waals surface area (Å²) in [5.41, 5.74) is 0.765. The molecule has 5 heteroatoms. The maximum absolute atomic E-state index is 11.8. The van der Waals surface area contributed by atoms with Crippen LogP contribution in [0.15, 0.2) is 18.2 Å². The van der Waals surface area contributed by atoms with Crippen molar-refractivity contribution in [3.8, 4) is 11.5 Å². The van der Waals surface area contributed by atoms with Crippen LogP contribution in [-0.4, -0.2) is 32.2 Å². The van der Waals surface area contributed by atoms with Crippen LogP contribution in [0.4, 0.5) is 5.69 Å². The molecule has 0 aliphatic carbocycles. The topological polar surface area (TPSA) is 59.6 Å². The van der Waals surface area contributed by atoms with Gasteiger partial charge in [0.1, 0.15) is 0 Å². The number of rotatable bonds is 3. The minimum absolute atomic E-state index is 0.0565. The zero-order chi connectivity index (χ0) is 13.1. The quantitative estimate of drug-likeness (QED) is 0.864. The van der Waals surface area contributed by atoms with Gasteiger partial charge in [-0.2, -0.15) is 0 Å². The van der Waals surface area contributed by atoms with Crippen molar-refractivity contribution in [3.05, 3.63) is 18.2 Å². The van der Waals surface area contributed by atoms with Gasteiger partial charge in [-0.1, -0.05) is 0 Å². The lowest BCUT2D eigenvalue weighted by molar-refractivity contribution is -0.117. The Labute approximate surface area is 112 Å². The molecule has 0 aromatic heterocycles. The van der Waals surface area contributed by atoms with E-state index in [9.17, 15) is 4.79 Å². The van der Waals surface area contributed by atoms with Gasteiger partial charge < -0.3 is 20.1 Å². The molecule has 2 heterocycles. The Bertz CT molecular complexity index is 472. The number of amides is 1. The molecule has 1 fully saturated rings. The van der Waals surface area contributed by atoms with Gasteiger partial charge in [0.2, 0.25) is 5.91 Å². The van der Waals surface area contributed by atoms with Crippen LogP contribution >= 0.6 is 0 Å². The number of ether oxygens (including phenoxy) is 2. The van der Waals surface area contributed by atoms with Crippen LogP contribution < -0.4 is 20.1 Å². The third-order valence-electron chi connectivity index (χ3n) is 3.37. The highest BCUT2D eigenvalue weighted by Crippen LogP contribution is 2.32. The molecule has 0 unspecified atom stereocenters. The van der Waals surface area contributed by atoms with Gasteiger partial charge in [0.25, 0.3) is 0 Å². The van der Waals surface area contributed by atoms with Crippen molar-refractivity contribution in [2.45, 2.75) is 12.8 Å². The van der Waals surface area contributed by atoms with E-state index < -0.39 is 0 Å². The van der Waals surface area contributed by atoms with Crippen LogP contribution in [0.1, 0.15) is 12.8 Å².